The Bertz CT molecular complexity index is 386. The predicted molar refractivity (Wildman–Crippen MR) is 62.2 cm³/mol. The van der Waals surface area contributed by atoms with Gasteiger partial charge in [0.05, 0.1) is 12.3 Å². The summed E-state index contributed by atoms with van der Waals surface area (Å²) in [5, 5.41) is 9.13. The highest BCUT2D eigenvalue weighted by Gasteiger charge is 2.34. The van der Waals surface area contributed by atoms with Crippen molar-refractivity contribution in [3.63, 3.8) is 0 Å². The highest BCUT2D eigenvalue weighted by atomic mass is 127. The van der Waals surface area contributed by atoms with Crippen LogP contribution in [0.2, 0.25) is 0 Å². The van der Waals surface area contributed by atoms with Crippen LogP contribution in [-0.2, 0) is 11.9 Å². The summed E-state index contributed by atoms with van der Waals surface area (Å²) < 4.78 is 40.8. The zero-order chi connectivity index (χ0) is 12.3. The second kappa shape index (κ2) is 5.50. The molecule has 0 aliphatic heterocycles. The Balaban J connectivity index is 3.25. The van der Waals surface area contributed by atoms with Crippen LogP contribution in [0.4, 0.5) is 13.2 Å². The van der Waals surface area contributed by atoms with Crippen LogP contribution < -0.4 is 4.74 Å². The van der Waals surface area contributed by atoms with Crippen LogP contribution in [0.1, 0.15) is 11.3 Å². The lowest BCUT2D eigenvalue weighted by atomic mass is 10.2. The predicted octanol–water partition coefficient (Wildman–Crippen LogP) is 2.97. The molecule has 0 aliphatic rings. The van der Waals surface area contributed by atoms with Gasteiger partial charge in [-0.1, -0.05) is 15.9 Å². The Hall–Kier alpha value is -0.0900. The first-order chi connectivity index (χ1) is 7.39. The van der Waals surface area contributed by atoms with Crippen LogP contribution >= 0.6 is 38.5 Å². The summed E-state index contributed by atoms with van der Waals surface area (Å²) in [5.74, 6) is -0.432. The molecule has 3 nitrogen and oxygen atoms in total. The van der Waals surface area contributed by atoms with Crippen molar-refractivity contribution in [1.82, 2.24) is 4.98 Å². The number of aliphatic hydroxyl groups is 1. The van der Waals surface area contributed by atoms with Gasteiger partial charge in [0.25, 0.3) is 0 Å². The molecule has 0 radical (unpaired) electrons. The monoisotopic (exact) mass is 411 g/mol. The van der Waals surface area contributed by atoms with Gasteiger partial charge in [0.2, 0.25) is 0 Å². The zero-order valence-corrected chi connectivity index (χ0v) is 11.4. The van der Waals surface area contributed by atoms with Gasteiger partial charge in [-0.15, -0.1) is 13.2 Å². The quantitative estimate of drug-likeness (QED) is 0.614. The molecule has 0 bridgehead atoms. The van der Waals surface area contributed by atoms with Crippen LogP contribution in [0.3, 0.4) is 0 Å². The number of hydrogen-bond donors (Lipinski definition) is 1. The molecule has 0 aromatic carbocycles. The van der Waals surface area contributed by atoms with Gasteiger partial charge in [-0.3, -0.25) is 4.98 Å². The Morgan fingerprint density at radius 1 is 1.50 bits per heavy atom. The van der Waals surface area contributed by atoms with Gasteiger partial charge in [-0.2, -0.15) is 0 Å². The van der Waals surface area contributed by atoms with Crippen LogP contribution in [0.5, 0.6) is 5.75 Å². The molecule has 1 aromatic heterocycles. The molecule has 0 saturated heterocycles. The molecule has 1 N–H and O–H groups in total. The molecule has 16 heavy (non-hydrogen) atoms. The Morgan fingerprint density at radius 3 is 2.56 bits per heavy atom. The van der Waals surface area contributed by atoms with Crippen molar-refractivity contribution >= 4 is 38.5 Å². The Morgan fingerprint density at radius 2 is 2.12 bits per heavy atom. The van der Waals surface area contributed by atoms with Crippen molar-refractivity contribution in [2.75, 3.05) is 0 Å². The second-order valence-electron chi connectivity index (χ2n) is 2.70. The lowest BCUT2D eigenvalue weighted by Gasteiger charge is -2.15. The van der Waals surface area contributed by atoms with E-state index in [4.69, 9.17) is 5.11 Å². The van der Waals surface area contributed by atoms with E-state index in [2.05, 4.69) is 25.7 Å². The summed E-state index contributed by atoms with van der Waals surface area (Å²) in [7, 11) is 0. The molecular weight excluding hydrogens is 406 g/mol. The lowest BCUT2D eigenvalue weighted by molar-refractivity contribution is -0.275. The molecule has 0 spiro atoms. The minimum atomic E-state index is -4.80. The van der Waals surface area contributed by atoms with Crippen molar-refractivity contribution < 1.29 is 23.0 Å². The van der Waals surface area contributed by atoms with Gasteiger partial charge in [-0.25, -0.2) is 0 Å². The van der Waals surface area contributed by atoms with Crippen LogP contribution in [0, 0.1) is 3.57 Å². The Kier molecular flexibility index (Phi) is 4.80. The fourth-order valence-corrected chi connectivity index (χ4v) is 1.99. The van der Waals surface area contributed by atoms with Gasteiger partial charge >= 0.3 is 6.36 Å². The van der Waals surface area contributed by atoms with E-state index in [-0.39, 0.29) is 16.6 Å². The van der Waals surface area contributed by atoms with Gasteiger partial charge < -0.3 is 9.84 Å². The minimum Gasteiger partial charge on any atom is -0.403 e. The molecule has 1 aromatic rings. The molecular formula is C8H6BrF3INO2. The summed E-state index contributed by atoms with van der Waals surface area (Å²) in [5.41, 5.74) is 0.184. The topological polar surface area (TPSA) is 42.4 Å². The molecule has 8 heteroatoms. The number of rotatable bonds is 3. The van der Waals surface area contributed by atoms with E-state index in [1.54, 1.807) is 22.6 Å². The van der Waals surface area contributed by atoms with Crippen molar-refractivity contribution in [1.29, 1.82) is 0 Å². The third-order valence-electron chi connectivity index (χ3n) is 1.66. The number of nitrogens with zero attached hydrogens (tertiary/aromatic N) is 1. The summed E-state index contributed by atoms with van der Waals surface area (Å²) in [4.78, 5) is 3.80. The average molecular weight is 412 g/mol. The summed E-state index contributed by atoms with van der Waals surface area (Å²) in [6.45, 7) is -0.536. The van der Waals surface area contributed by atoms with E-state index >= 15 is 0 Å². The summed E-state index contributed by atoms with van der Waals surface area (Å²) >= 11 is 4.80. The standard InChI is InChI=1S/C8H6BrF3INO2/c9-1-6-7(16-8(10,11)12)4(3-15)5(13)2-14-6/h2,15H,1,3H2. The number of halogens is 5. The number of pyridine rings is 1. The second-order valence-corrected chi connectivity index (χ2v) is 4.42. The van der Waals surface area contributed by atoms with Gasteiger partial charge in [0.1, 0.15) is 0 Å². The minimum absolute atomic E-state index is 0.0855. The maximum atomic E-state index is 12.2. The van der Waals surface area contributed by atoms with E-state index in [1.807, 2.05) is 0 Å². The number of ether oxygens (including phenoxy) is 1. The third-order valence-corrected chi connectivity index (χ3v) is 3.12. The van der Waals surface area contributed by atoms with Crippen molar-refractivity contribution in [3.8, 4) is 5.75 Å². The highest BCUT2D eigenvalue weighted by molar-refractivity contribution is 14.1. The molecule has 0 amide bonds. The number of hydrogen-bond acceptors (Lipinski definition) is 3. The number of aliphatic hydroxyl groups excluding tert-OH is 1. The largest absolute Gasteiger partial charge is 0.573 e. The van der Waals surface area contributed by atoms with Gasteiger partial charge in [0, 0.05) is 20.7 Å². The van der Waals surface area contributed by atoms with Crippen molar-refractivity contribution in [3.05, 3.63) is 21.0 Å². The smallest absolute Gasteiger partial charge is 0.403 e. The molecule has 0 unspecified atom stereocenters. The first-order valence-corrected chi connectivity index (χ1v) is 6.18. The van der Waals surface area contributed by atoms with E-state index in [0.717, 1.165) is 0 Å². The lowest BCUT2D eigenvalue weighted by Crippen LogP contribution is -2.20. The first kappa shape index (κ1) is 14.0. The molecule has 1 heterocycles. The van der Waals surface area contributed by atoms with E-state index in [0.29, 0.717) is 3.57 Å². The fourth-order valence-electron chi connectivity index (χ4n) is 1.03. The molecule has 0 saturated carbocycles. The third kappa shape index (κ3) is 3.45. The Labute approximate surface area is 111 Å². The SMILES string of the molecule is OCc1c(I)cnc(CBr)c1OC(F)(F)F. The normalized spacial score (nSPS) is 11.6. The van der Waals surface area contributed by atoms with Gasteiger partial charge in [0.15, 0.2) is 5.75 Å². The fraction of sp³-hybridized carbons (Fsp3) is 0.375. The average Bonchev–Trinajstić information content (AvgIpc) is 2.16. The van der Waals surface area contributed by atoms with Gasteiger partial charge in [-0.05, 0) is 22.6 Å². The first-order valence-electron chi connectivity index (χ1n) is 3.98. The molecule has 1 rings (SSSR count). The molecule has 0 atom stereocenters. The van der Waals surface area contributed by atoms with Crippen LogP contribution in [0.15, 0.2) is 6.20 Å². The zero-order valence-electron chi connectivity index (χ0n) is 7.68. The van der Waals surface area contributed by atoms with E-state index in [9.17, 15) is 13.2 Å². The van der Waals surface area contributed by atoms with Crippen molar-refractivity contribution in [2.24, 2.45) is 0 Å². The van der Waals surface area contributed by atoms with Crippen molar-refractivity contribution in [2.45, 2.75) is 18.3 Å². The van der Waals surface area contributed by atoms with Crippen LogP contribution in [0.25, 0.3) is 0 Å². The van der Waals surface area contributed by atoms with E-state index in [1.165, 1.54) is 6.20 Å². The summed E-state index contributed by atoms with van der Waals surface area (Å²) in [6, 6.07) is 0. The number of alkyl halides is 4. The van der Waals surface area contributed by atoms with E-state index < -0.39 is 18.7 Å². The molecule has 0 fully saturated rings. The van der Waals surface area contributed by atoms with Crippen LogP contribution in [-0.4, -0.2) is 16.5 Å². The maximum Gasteiger partial charge on any atom is 0.573 e. The molecule has 0 aliphatic carbocycles. The highest BCUT2D eigenvalue weighted by Crippen LogP contribution is 2.32. The molecule has 90 valence electrons. The summed E-state index contributed by atoms with van der Waals surface area (Å²) in [6.07, 6.45) is -3.42. The number of aromatic nitrogens is 1. The maximum absolute atomic E-state index is 12.2.